The van der Waals surface area contributed by atoms with E-state index in [1.807, 2.05) is 37.3 Å². The van der Waals surface area contributed by atoms with Crippen LogP contribution in [0.5, 0.6) is 5.75 Å². The molecule has 2 amide bonds. The van der Waals surface area contributed by atoms with Gasteiger partial charge >= 0.3 is 0 Å². The van der Waals surface area contributed by atoms with Crippen LogP contribution in [0.3, 0.4) is 0 Å². The van der Waals surface area contributed by atoms with Crippen LogP contribution in [0.15, 0.2) is 54.6 Å². The molecule has 2 aromatic rings. The summed E-state index contributed by atoms with van der Waals surface area (Å²) in [7, 11) is 0. The van der Waals surface area contributed by atoms with Crippen molar-refractivity contribution in [3.8, 4) is 5.75 Å². The normalized spacial score (nSPS) is 11.7. The summed E-state index contributed by atoms with van der Waals surface area (Å²) in [6, 6.07) is 16.2. The Bertz CT molecular complexity index is 759. The van der Waals surface area contributed by atoms with Crippen LogP contribution in [0.1, 0.15) is 50.4 Å². The molecule has 1 atom stereocenters. The Kier molecular flexibility index (Phi) is 8.53. The maximum atomic E-state index is 12.5. The molecule has 5 heteroatoms. The molecular weight excluding hydrogens is 352 g/mol. The van der Waals surface area contributed by atoms with Crippen molar-refractivity contribution in [2.24, 2.45) is 5.92 Å². The Balaban J connectivity index is 1.87. The molecule has 0 aromatic heterocycles. The molecule has 150 valence electrons. The van der Waals surface area contributed by atoms with Crippen LogP contribution in [0.25, 0.3) is 0 Å². The van der Waals surface area contributed by atoms with Gasteiger partial charge in [0.25, 0.3) is 11.8 Å². The molecule has 5 nitrogen and oxygen atoms in total. The summed E-state index contributed by atoms with van der Waals surface area (Å²) in [5.41, 5.74) is 1.10. The van der Waals surface area contributed by atoms with E-state index in [1.54, 1.807) is 24.3 Å². The number of nitrogens with one attached hydrogen (secondary N) is 2. The molecule has 0 fully saturated rings. The van der Waals surface area contributed by atoms with E-state index < -0.39 is 0 Å². The van der Waals surface area contributed by atoms with Gasteiger partial charge in [0.15, 0.2) is 6.61 Å². The van der Waals surface area contributed by atoms with Crippen LogP contribution < -0.4 is 15.4 Å². The summed E-state index contributed by atoms with van der Waals surface area (Å²) in [6.45, 7) is 6.27. The predicted octanol–water partition coefficient (Wildman–Crippen LogP) is 4.65. The number of hydrogen-bond donors (Lipinski definition) is 2. The van der Waals surface area contributed by atoms with Gasteiger partial charge < -0.3 is 15.4 Å². The van der Waals surface area contributed by atoms with Gasteiger partial charge in [0.1, 0.15) is 5.75 Å². The number of hydrogen-bond acceptors (Lipinski definition) is 3. The van der Waals surface area contributed by atoms with Crippen molar-refractivity contribution in [1.82, 2.24) is 5.32 Å². The fourth-order valence-electron chi connectivity index (χ4n) is 2.86. The molecule has 0 aliphatic rings. The Hall–Kier alpha value is -2.82. The van der Waals surface area contributed by atoms with Gasteiger partial charge in [-0.1, -0.05) is 57.0 Å². The van der Waals surface area contributed by atoms with E-state index in [9.17, 15) is 9.59 Å². The molecule has 2 aromatic carbocycles. The second-order valence-corrected chi connectivity index (χ2v) is 7.40. The topological polar surface area (TPSA) is 67.4 Å². The minimum absolute atomic E-state index is 0.103. The third-order valence-corrected chi connectivity index (χ3v) is 4.35. The van der Waals surface area contributed by atoms with Crippen molar-refractivity contribution in [2.75, 3.05) is 11.9 Å². The minimum Gasteiger partial charge on any atom is -0.483 e. The third-order valence-electron chi connectivity index (χ3n) is 4.35. The molecular formula is C23H30N2O3. The summed E-state index contributed by atoms with van der Waals surface area (Å²) >= 11 is 0. The third kappa shape index (κ3) is 7.43. The molecule has 0 saturated heterocycles. The molecule has 28 heavy (non-hydrogen) atoms. The van der Waals surface area contributed by atoms with Gasteiger partial charge in [-0.3, -0.25) is 9.59 Å². The first-order valence-corrected chi connectivity index (χ1v) is 9.83. The highest BCUT2D eigenvalue weighted by atomic mass is 16.5. The van der Waals surface area contributed by atoms with Gasteiger partial charge in [-0.2, -0.15) is 0 Å². The number of rotatable bonds is 10. The number of benzene rings is 2. The Morgan fingerprint density at radius 3 is 2.32 bits per heavy atom. The fourth-order valence-corrected chi connectivity index (χ4v) is 2.86. The number of carbonyl (C=O) groups excluding carboxylic acids is 2. The number of anilines is 1. The van der Waals surface area contributed by atoms with E-state index in [0.29, 0.717) is 22.9 Å². The summed E-state index contributed by atoms with van der Waals surface area (Å²) < 4.78 is 5.63. The lowest BCUT2D eigenvalue weighted by molar-refractivity contribution is -0.123. The quantitative estimate of drug-likeness (QED) is 0.628. The van der Waals surface area contributed by atoms with E-state index in [0.717, 1.165) is 19.3 Å². The van der Waals surface area contributed by atoms with E-state index >= 15 is 0 Å². The average molecular weight is 383 g/mol. The van der Waals surface area contributed by atoms with Gasteiger partial charge in [-0.15, -0.1) is 0 Å². The zero-order valence-corrected chi connectivity index (χ0v) is 16.9. The molecule has 0 unspecified atom stereocenters. The smallest absolute Gasteiger partial charge is 0.259 e. The molecule has 0 aliphatic carbocycles. The fraction of sp³-hybridized carbons (Fsp3) is 0.391. The van der Waals surface area contributed by atoms with Crippen molar-refractivity contribution < 1.29 is 14.3 Å². The molecule has 2 rings (SSSR count). The first kappa shape index (κ1) is 21.5. The predicted molar refractivity (Wildman–Crippen MR) is 113 cm³/mol. The number of amides is 2. The van der Waals surface area contributed by atoms with E-state index in [4.69, 9.17) is 4.74 Å². The lowest BCUT2D eigenvalue weighted by Crippen LogP contribution is -2.36. The highest BCUT2D eigenvalue weighted by Gasteiger charge is 2.14. The summed E-state index contributed by atoms with van der Waals surface area (Å²) in [6.07, 6.45) is 3.18. The van der Waals surface area contributed by atoms with Crippen LogP contribution in [0.4, 0.5) is 5.69 Å². The van der Waals surface area contributed by atoms with Crippen molar-refractivity contribution >= 4 is 17.5 Å². The first-order chi connectivity index (χ1) is 13.5. The summed E-state index contributed by atoms with van der Waals surface area (Å²) in [5, 5.41) is 5.78. The minimum atomic E-state index is -0.274. The zero-order valence-electron chi connectivity index (χ0n) is 16.9. The molecule has 0 spiro atoms. The van der Waals surface area contributed by atoms with Gasteiger partial charge in [-0.05, 0) is 43.5 Å². The lowest BCUT2D eigenvalue weighted by atomic mass is 10.0. The Labute approximate surface area is 167 Å². The van der Waals surface area contributed by atoms with Crippen LogP contribution in [-0.4, -0.2) is 24.5 Å². The Morgan fingerprint density at radius 1 is 0.929 bits per heavy atom. The molecule has 0 bridgehead atoms. The van der Waals surface area contributed by atoms with Gasteiger partial charge in [0, 0.05) is 11.7 Å². The number of carbonyl (C=O) groups is 2. The van der Waals surface area contributed by atoms with Gasteiger partial charge in [0.2, 0.25) is 0 Å². The van der Waals surface area contributed by atoms with Gasteiger partial charge in [-0.25, -0.2) is 0 Å². The second kappa shape index (κ2) is 11.1. The zero-order chi connectivity index (χ0) is 20.4. The number of ether oxygens (including phenoxy) is 1. The largest absolute Gasteiger partial charge is 0.483 e. The number of para-hydroxylation sites is 2. The maximum Gasteiger partial charge on any atom is 0.259 e. The molecule has 2 N–H and O–H groups in total. The van der Waals surface area contributed by atoms with E-state index in [-0.39, 0.29) is 24.5 Å². The molecule has 0 radical (unpaired) electrons. The van der Waals surface area contributed by atoms with Crippen LogP contribution in [0, 0.1) is 5.92 Å². The van der Waals surface area contributed by atoms with Crippen molar-refractivity contribution in [3.05, 3.63) is 60.2 Å². The maximum absolute atomic E-state index is 12.5. The SMILES string of the molecule is CC(C)CCC[C@H](C)NC(=O)COc1ccccc1C(=O)Nc1ccccc1. The first-order valence-electron chi connectivity index (χ1n) is 9.83. The molecule has 0 aliphatic heterocycles. The monoisotopic (exact) mass is 382 g/mol. The highest BCUT2D eigenvalue weighted by Crippen LogP contribution is 2.19. The van der Waals surface area contributed by atoms with Crippen LogP contribution in [-0.2, 0) is 4.79 Å². The van der Waals surface area contributed by atoms with Crippen molar-refractivity contribution in [2.45, 2.75) is 46.1 Å². The van der Waals surface area contributed by atoms with Crippen molar-refractivity contribution in [3.63, 3.8) is 0 Å². The van der Waals surface area contributed by atoms with E-state index in [1.165, 1.54) is 0 Å². The summed E-state index contributed by atoms with van der Waals surface area (Å²) in [5.74, 6) is 0.600. The molecule has 0 saturated carbocycles. The van der Waals surface area contributed by atoms with Gasteiger partial charge in [0.05, 0.1) is 5.56 Å². The van der Waals surface area contributed by atoms with Crippen LogP contribution in [0.2, 0.25) is 0 Å². The van der Waals surface area contributed by atoms with E-state index in [2.05, 4.69) is 24.5 Å². The van der Waals surface area contributed by atoms with Crippen molar-refractivity contribution in [1.29, 1.82) is 0 Å². The second-order valence-electron chi connectivity index (χ2n) is 7.40. The lowest BCUT2D eigenvalue weighted by Gasteiger charge is -2.16. The molecule has 0 heterocycles. The Morgan fingerprint density at radius 2 is 1.61 bits per heavy atom. The standard InChI is InChI=1S/C23H30N2O3/c1-17(2)10-9-11-18(3)24-22(26)16-28-21-15-8-7-14-20(21)23(27)25-19-12-5-4-6-13-19/h4-8,12-15,17-18H,9-11,16H2,1-3H3,(H,24,26)(H,25,27)/t18-/m0/s1. The average Bonchev–Trinajstić information content (AvgIpc) is 2.67. The summed E-state index contributed by atoms with van der Waals surface area (Å²) in [4.78, 5) is 24.7. The highest BCUT2D eigenvalue weighted by molar-refractivity contribution is 6.06. The van der Waals surface area contributed by atoms with Crippen LogP contribution >= 0.6 is 0 Å².